The van der Waals surface area contributed by atoms with Gasteiger partial charge in [-0.3, -0.25) is 10.1 Å². The zero-order chi connectivity index (χ0) is 21.8. The molecule has 3 aromatic carbocycles. The highest BCUT2D eigenvalue weighted by Gasteiger charge is 2.24. The molecule has 1 atom stereocenters. The Morgan fingerprint density at radius 2 is 1.84 bits per heavy atom. The molecule has 158 valence electrons. The summed E-state index contributed by atoms with van der Waals surface area (Å²) < 4.78 is 11.5. The summed E-state index contributed by atoms with van der Waals surface area (Å²) in [5.41, 5.74) is 3.46. The molecule has 0 saturated carbocycles. The molecule has 4 rings (SSSR count). The Labute approximate surface area is 184 Å². The molecule has 31 heavy (non-hydrogen) atoms. The Morgan fingerprint density at radius 3 is 2.61 bits per heavy atom. The van der Waals surface area contributed by atoms with Crippen LogP contribution in [0.3, 0.4) is 0 Å². The molecule has 0 amide bonds. The minimum Gasteiger partial charge on any atom is -0.493 e. The molecule has 0 aliphatic heterocycles. The van der Waals surface area contributed by atoms with Crippen LogP contribution in [0.4, 0.5) is 0 Å². The molecule has 0 aliphatic rings. The number of methoxy groups -OCH3 is 1. The lowest BCUT2D eigenvalue weighted by Gasteiger charge is -2.17. The van der Waals surface area contributed by atoms with E-state index in [-0.39, 0.29) is 18.1 Å². The van der Waals surface area contributed by atoms with E-state index in [9.17, 15) is 10.1 Å². The van der Waals surface area contributed by atoms with Gasteiger partial charge in [-0.25, -0.2) is 0 Å². The van der Waals surface area contributed by atoms with Crippen LogP contribution in [0.1, 0.15) is 22.6 Å². The van der Waals surface area contributed by atoms with Gasteiger partial charge in [0.05, 0.1) is 13.0 Å². The van der Waals surface area contributed by atoms with Crippen LogP contribution in [-0.4, -0.2) is 23.6 Å². The highest BCUT2D eigenvalue weighted by atomic mass is 35.5. The van der Waals surface area contributed by atoms with Crippen molar-refractivity contribution >= 4 is 22.5 Å². The highest BCUT2D eigenvalue weighted by Crippen LogP contribution is 2.36. The molecule has 0 aliphatic carbocycles. The van der Waals surface area contributed by atoms with E-state index in [2.05, 4.69) is 4.98 Å². The van der Waals surface area contributed by atoms with Gasteiger partial charge < -0.3 is 14.5 Å². The van der Waals surface area contributed by atoms with Crippen molar-refractivity contribution in [1.82, 2.24) is 4.98 Å². The molecule has 1 N–H and O–H groups in total. The molecule has 0 saturated heterocycles. The van der Waals surface area contributed by atoms with Gasteiger partial charge in [-0.05, 0) is 35.4 Å². The summed E-state index contributed by atoms with van der Waals surface area (Å²) in [6.45, 7) is 0.0565. The van der Waals surface area contributed by atoms with Crippen molar-refractivity contribution < 1.29 is 14.4 Å². The number of benzene rings is 3. The Bertz CT molecular complexity index is 1220. The van der Waals surface area contributed by atoms with Gasteiger partial charge in [0.1, 0.15) is 6.61 Å². The Morgan fingerprint density at radius 1 is 1.06 bits per heavy atom. The van der Waals surface area contributed by atoms with Gasteiger partial charge in [0, 0.05) is 32.6 Å². The number of hydrogen-bond donors (Lipinski definition) is 1. The number of rotatable bonds is 8. The van der Waals surface area contributed by atoms with Crippen molar-refractivity contribution in [1.29, 1.82) is 0 Å². The average Bonchev–Trinajstić information content (AvgIpc) is 3.21. The minimum absolute atomic E-state index is 0.231. The van der Waals surface area contributed by atoms with Gasteiger partial charge in [-0.2, -0.15) is 0 Å². The van der Waals surface area contributed by atoms with E-state index in [1.54, 1.807) is 19.2 Å². The first-order valence-electron chi connectivity index (χ1n) is 9.78. The van der Waals surface area contributed by atoms with Crippen LogP contribution >= 0.6 is 11.6 Å². The average molecular weight is 437 g/mol. The molecule has 0 unspecified atom stereocenters. The molecule has 0 spiro atoms. The summed E-state index contributed by atoms with van der Waals surface area (Å²) in [6, 6.07) is 20.7. The molecular weight excluding hydrogens is 416 g/mol. The first-order valence-corrected chi connectivity index (χ1v) is 10.2. The topological polar surface area (TPSA) is 77.4 Å². The Hall–Kier alpha value is -3.51. The van der Waals surface area contributed by atoms with Gasteiger partial charge in [0.15, 0.2) is 11.5 Å². The summed E-state index contributed by atoms with van der Waals surface area (Å²) in [4.78, 5) is 14.4. The van der Waals surface area contributed by atoms with Crippen LogP contribution in [0, 0.1) is 10.1 Å². The minimum atomic E-state index is -0.433. The maximum Gasteiger partial charge on any atom is 0.214 e. The molecule has 0 fully saturated rings. The van der Waals surface area contributed by atoms with E-state index in [1.165, 1.54) is 0 Å². The van der Waals surface area contributed by atoms with Crippen LogP contribution in [0.5, 0.6) is 11.5 Å². The van der Waals surface area contributed by atoms with Gasteiger partial charge in [-0.1, -0.05) is 54.1 Å². The van der Waals surface area contributed by atoms with Crippen molar-refractivity contribution in [3.63, 3.8) is 0 Å². The lowest BCUT2D eigenvalue weighted by molar-refractivity contribution is -0.481. The quantitative estimate of drug-likeness (QED) is 0.279. The predicted octanol–water partition coefficient (Wildman–Crippen LogP) is 5.82. The number of aromatic nitrogens is 1. The van der Waals surface area contributed by atoms with Crippen LogP contribution < -0.4 is 9.47 Å². The van der Waals surface area contributed by atoms with Gasteiger partial charge in [-0.15, -0.1) is 0 Å². The second kappa shape index (κ2) is 9.10. The number of H-pyrrole nitrogens is 1. The summed E-state index contributed by atoms with van der Waals surface area (Å²) in [5.74, 6) is 0.625. The smallest absolute Gasteiger partial charge is 0.214 e. The van der Waals surface area contributed by atoms with E-state index in [0.29, 0.717) is 16.5 Å². The molecule has 0 bridgehead atoms. The van der Waals surface area contributed by atoms with E-state index >= 15 is 0 Å². The molecule has 1 aromatic heterocycles. The number of nitrogens with zero attached hydrogens (tertiary/aromatic N) is 1. The highest BCUT2D eigenvalue weighted by molar-refractivity contribution is 6.31. The molecule has 4 aromatic rings. The first kappa shape index (κ1) is 20.8. The number of halogens is 1. The number of aromatic amines is 1. The monoisotopic (exact) mass is 436 g/mol. The second-order valence-corrected chi connectivity index (χ2v) is 7.56. The molecule has 7 heteroatoms. The number of fused-ring (bicyclic) bond motifs is 1. The van der Waals surface area contributed by atoms with E-state index < -0.39 is 5.92 Å². The van der Waals surface area contributed by atoms with Crippen molar-refractivity contribution in [2.45, 2.75) is 12.5 Å². The van der Waals surface area contributed by atoms with Gasteiger partial charge >= 0.3 is 0 Å². The number of nitro groups is 1. The lowest BCUT2D eigenvalue weighted by atomic mass is 9.90. The molecule has 1 heterocycles. The van der Waals surface area contributed by atoms with Gasteiger partial charge in [0.25, 0.3) is 0 Å². The summed E-state index contributed by atoms with van der Waals surface area (Å²) in [5, 5.41) is 13.0. The summed E-state index contributed by atoms with van der Waals surface area (Å²) >= 11 is 6.21. The third-order valence-electron chi connectivity index (χ3n) is 5.26. The SMILES string of the molecule is COc1cc([C@H](C[N+](=O)[O-])c2c[nH]c3ccccc23)ccc1OCc1ccccc1Cl. The van der Waals surface area contributed by atoms with Crippen LogP contribution in [-0.2, 0) is 6.61 Å². The van der Waals surface area contributed by atoms with E-state index in [1.807, 2.05) is 60.8 Å². The number of ether oxygens (including phenoxy) is 2. The van der Waals surface area contributed by atoms with Crippen molar-refractivity contribution in [2.24, 2.45) is 0 Å². The lowest BCUT2D eigenvalue weighted by Crippen LogP contribution is -2.14. The zero-order valence-electron chi connectivity index (χ0n) is 16.9. The third kappa shape index (κ3) is 4.49. The molecular formula is C24H21ClN2O4. The zero-order valence-corrected chi connectivity index (χ0v) is 17.6. The standard InChI is InChI=1S/C24H21ClN2O4/c1-30-24-12-16(10-11-23(24)31-15-17-6-2-4-8-21(17)25)20(14-27(28)29)19-13-26-22-9-5-3-7-18(19)22/h2-13,20,26H,14-15H2,1H3/t20-/m0/s1. The molecule has 0 radical (unpaired) electrons. The fourth-order valence-corrected chi connectivity index (χ4v) is 3.90. The van der Waals surface area contributed by atoms with Crippen molar-refractivity contribution in [3.05, 3.63) is 105 Å². The second-order valence-electron chi connectivity index (χ2n) is 7.15. The van der Waals surface area contributed by atoms with Crippen LogP contribution in [0.15, 0.2) is 72.9 Å². The Balaban J connectivity index is 1.66. The first-order chi connectivity index (χ1) is 15.1. The fourth-order valence-electron chi connectivity index (χ4n) is 3.71. The van der Waals surface area contributed by atoms with Crippen LogP contribution in [0.25, 0.3) is 10.9 Å². The van der Waals surface area contributed by atoms with E-state index in [4.69, 9.17) is 21.1 Å². The normalized spacial score (nSPS) is 11.9. The van der Waals surface area contributed by atoms with Crippen molar-refractivity contribution in [2.75, 3.05) is 13.7 Å². The molecule has 6 nitrogen and oxygen atoms in total. The number of hydrogen-bond acceptors (Lipinski definition) is 4. The third-order valence-corrected chi connectivity index (χ3v) is 5.63. The number of nitrogens with one attached hydrogen (secondary N) is 1. The van der Waals surface area contributed by atoms with E-state index in [0.717, 1.165) is 27.6 Å². The summed E-state index contributed by atoms with van der Waals surface area (Å²) in [7, 11) is 1.55. The predicted molar refractivity (Wildman–Crippen MR) is 121 cm³/mol. The maximum absolute atomic E-state index is 11.5. The Kier molecular flexibility index (Phi) is 6.09. The fraction of sp³-hybridized carbons (Fsp3) is 0.167. The maximum atomic E-state index is 11.5. The van der Waals surface area contributed by atoms with Crippen LogP contribution in [0.2, 0.25) is 5.02 Å². The van der Waals surface area contributed by atoms with Crippen molar-refractivity contribution in [3.8, 4) is 11.5 Å². The largest absolute Gasteiger partial charge is 0.493 e. The summed E-state index contributed by atoms with van der Waals surface area (Å²) in [6.07, 6.45) is 1.84. The number of para-hydroxylation sites is 1. The van der Waals surface area contributed by atoms with Gasteiger partial charge in [0.2, 0.25) is 6.54 Å².